The summed E-state index contributed by atoms with van der Waals surface area (Å²) in [5.41, 5.74) is 2.22. The summed E-state index contributed by atoms with van der Waals surface area (Å²) < 4.78 is 46.5. The lowest BCUT2D eigenvalue weighted by Crippen LogP contribution is -2.36. The number of carbonyl (C=O) groups excluding carboxylic acids is 1. The molecule has 55 heavy (non-hydrogen) atoms. The Hall–Kier alpha value is -6.15. The van der Waals surface area contributed by atoms with Gasteiger partial charge >= 0.3 is 5.97 Å². The molecule has 1 aliphatic heterocycles. The monoisotopic (exact) mass is 756 g/mol. The summed E-state index contributed by atoms with van der Waals surface area (Å²) in [4.78, 5) is 42.5. The Morgan fingerprint density at radius 1 is 0.836 bits per heavy atom. The van der Waals surface area contributed by atoms with E-state index in [4.69, 9.17) is 37.6 Å². The van der Waals surface area contributed by atoms with Gasteiger partial charge in [0.05, 0.1) is 80.2 Å². The molecule has 0 radical (unpaired) electrons. The number of hydrogen-bond acceptors (Lipinski definition) is 13. The minimum atomic E-state index is -1.17. The minimum absolute atomic E-state index is 0.0814. The number of ether oxygens (including phenoxy) is 7. The number of fused-ring (bicyclic) bond motifs is 2. The molecule has 0 saturated heterocycles. The van der Waals surface area contributed by atoms with Crippen LogP contribution in [-0.2, 0) is 29.5 Å². The number of methoxy groups -OCH3 is 7. The summed E-state index contributed by atoms with van der Waals surface area (Å²) in [5, 5.41) is 11.9. The second-order valence-electron chi connectivity index (χ2n) is 13.0. The molecule has 0 saturated carbocycles. The van der Waals surface area contributed by atoms with Crippen LogP contribution in [0.4, 0.5) is 0 Å². The molecule has 0 fully saturated rings. The third kappa shape index (κ3) is 7.24. The van der Waals surface area contributed by atoms with Gasteiger partial charge in [-0.1, -0.05) is 0 Å². The van der Waals surface area contributed by atoms with Gasteiger partial charge in [0.25, 0.3) is 5.56 Å². The van der Waals surface area contributed by atoms with Crippen molar-refractivity contribution in [3.63, 3.8) is 0 Å². The van der Waals surface area contributed by atoms with Gasteiger partial charge in [0.2, 0.25) is 16.9 Å². The molecule has 2 aromatic heterocycles. The lowest BCUT2D eigenvalue weighted by Gasteiger charge is -2.38. The predicted molar refractivity (Wildman–Crippen MR) is 202 cm³/mol. The third-order valence-corrected chi connectivity index (χ3v) is 10.1. The number of esters is 1. The predicted octanol–water partition coefficient (Wildman–Crippen LogP) is 5.09. The van der Waals surface area contributed by atoms with Gasteiger partial charge in [0.15, 0.2) is 28.8 Å². The number of benzene rings is 3. The maximum atomic E-state index is 13.9. The quantitative estimate of drug-likeness (QED) is 0.159. The largest absolute Gasteiger partial charge is 0.502 e. The fourth-order valence-corrected chi connectivity index (χ4v) is 7.33. The number of aryl methyl sites for hydroxylation is 1. The normalized spacial score (nSPS) is 14.5. The second-order valence-corrected chi connectivity index (χ2v) is 13.0. The van der Waals surface area contributed by atoms with Crippen molar-refractivity contribution in [2.75, 3.05) is 56.3 Å². The van der Waals surface area contributed by atoms with Gasteiger partial charge in [-0.05, 0) is 71.0 Å². The van der Waals surface area contributed by atoms with Crippen LogP contribution in [0.5, 0.6) is 40.2 Å². The molecule has 5 aromatic rings. The summed E-state index contributed by atoms with van der Waals surface area (Å²) >= 11 is 0. The molecule has 3 aromatic carbocycles. The Bertz CT molecular complexity index is 2340. The molecule has 3 heterocycles. The van der Waals surface area contributed by atoms with E-state index in [0.717, 1.165) is 16.7 Å². The van der Waals surface area contributed by atoms with Crippen LogP contribution >= 0.6 is 0 Å². The molecule has 0 spiro atoms. The SMILES string of the molecule is COC(=O)CC(c1oc(CN2CCc3cc(OC)c(OC)cc3C2c2cc(OC)c(OC)c(OC)c2)cc(=O)c1O)c1cc2ccc(OC)cc2n(C)c1=O. The summed E-state index contributed by atoms with van der Waals surface area (Å²) in [6.07, 6.45) is 0.217. The minimum Gasteiger partial charge on any atom is -0.502 e. The number of aromatic nitrogens is 1. The number of carbonyl (C=O) groups is 1. The first-order valence-corrected chi connectivity index (χ1v) is 17.4. The van der Waals surface area contributed by atoms with Crippen LogP contribution in [0.1, 0.15) is 52.2 Å². The molecule has 14 heteroatoms. The number of hydrogen-bond donors (Lipinski definition) is 1. The summed E-state index contributed by atoms with van der Waals surface area (Å²) in [6, 6.07) is 15.2. The van der Waals surface area contributed by atoms with E-state index in [2.05, 4.69) is 4.90 Å². The zero-order valence-corrected chi connectivity index (χ0v) is 32.0. The molecule has 290 valence electrons. The fourth-order valence-electron chi connectivity index (χ4n) is 7.33. The Morgan fingerprint density at radius 3 is 2.13 bits per heavy atom. The average molecular weight is 757 g/mol. The van der Waals surface area contributed by atoms with Crippen molar-refractivity contribution >= 4 is 16.9 Å². The van der Waals surface area contributed by atoms with Gasteiger partial charge in [-0.2, -0.15) is 0 Å². The van der Waals surface area contributed by atoms with Crippen LogP contribution in [0, 0.1) is 0 Å². The van der Waals surface area contributed by atoms with Crippen LogP contribution in [-0.4, -0.2) is 76.9 Å². The molecule has 2 unspecified atom stereocenters. The van der Waals surface area contributed by atoms with Crippen LogP contribution in [0.25, 0.3) is 10.9 Å². The lowest BCUT2D eigenvalue weighted by atomic mass is 9.87. The standard InChI is InChI=1S/C41H44N2O12/c1-42-30-17-25(48-2)10-9-23(30)13-29(41(42)47)28(20-36(45)53-7)39-38(46)31(44)18-26(55-39)21-43-12-11-22-14-32(49-3)33(50-4)19-27(22)37(43)24-15-34(51-5)40(54-8)35(16-24)52-6/h9-10,13-19,28,37,46H,11-12,20-21H2,1-8H3. The Balaban J connectivity index is 1.51. The molecule has 2 atom stereocenters. The van der Waals surface area contributed by atoms with Gasteiger partial charge in [-0.25, -0.2) is 0 Å². The van der Waals surface area contributed by atoms with E-state index in [1.165, 1.54) is 32.0 Å². The van der Waals surface area contributed by atoms with Gasteiger partial charge in [-0.15, -0.1) is 0 Å². The molecule has 0 amide bonds. The average Bonchev–Trinajstić information content (AvgIpc) is 3.21. The van der Waals surface area contributed by atoms with E-state index in [-0.39, 0.29) is 30.0 Å². The van der Waals surface area contributed by atoms with E-state index >= 15 is 0 Å². The van der Waals surface area contributed by atoms with E-state index in [1.54, 1.807) is 59.8 Å². The van der Waals surface area contributed by atoms with Crippen molar-refractivity contribution in [1.29, 1.82) is 0 Å². The zero-order valence-electron chi connectivity index (χ0n) is 32.0. The first-order valence-electron chi connectivity index (χ1n) is 17.4. The topological polar surface area (TPSA) is 157 Å². The van der Waals surface area contributed by atoms with Crippen molar-refractivity contribution in [3.05, 3.63) is 109 Å². The molecular formula is C41H44N2O12. The van der Waals surface area contributed by atoms with Crippen molar-refractivity contribution in [2.24, 2.45) is 7.05 Å². The maximum Gasteiger partial charge on any atom is 0.306 e. The zero-order chi connectivity index (χ0) is 39.6. The highest BCUT2D eigenvalue weighted by Gasteiger charge is 2.34. The molecule has 0 bridgehead atoms. The van der Waals surface area contributed by atoms with E-state index in [9.17, 15) is 19.5 Å². The molecule has 6 rings (SSSR count). The Morgan fingerprint density at radius 2 is 1.51 bits per heavy atom. The van der Waals surface area contributed by atoms with E-state index in [1.807, 2.05) is 24.3 Å². The van der Waals surface area contributed by atoms with Crippen molar-refractivity contribution < 1.29 is 47.5 Å². The molecule has 1 aliphatic rings. The highest BCUT2D eigenvalue weighted by molar-refractivity contribution is 5.82. The number of aromatic hydroxyl groups is 1. The number of rotatable bonds is 13. The molecular weight excluding hydrogens is 712 g/mol. The third-order valence-electron chi connectivity index (χ3n) is 10.1. The summed E-state index contributed by atoms with van der Waals surface area (Å²) in [5.74, 6) is 0.396. The number of pyridine rings is 1. The van der Waals surface area contributed by atoms with Crippen LogP contribution in [0.15, 0.2) is 68.6 Å². The van der Waals surface area contributed by atoms with Crippen LogP contribution in [0.2, 0.25) is 0 Å². The molecule has 1 N–H and O–H groups in total. The molecule has 0 aliphatic carbocycles. The highest BCUT2D eigenvalue weighted by Crippen LogP contribution is 2.46. The van der Waals surface area contributed by atoms with Gasteiger partial charge in [0.1, 0.15) is 11.5 Å². The van der Waals surface area contributed by atoms with Crippen molar-refractivity contribution in [3.8, 4) is 40.2 Å². The van der Waals surface area contributed by atoms with Gasteiger partial charge < -0.3 is 47.2 Å². The maximum absolute atomic E-state index is 13.9. The fraction of sp³-hybridized carbons (Fsp3) is 0.341. The first kappa shape index (κ1) is 38.6. The van der Waals surface area contributed by atoms with Crippen LogP contribution < -0.4 is 39.4 Å². The van der Waals surface area contributed by atoms with Crippen LogP contribution in [0.3, 0.4) is 0 Å². The number of nitrogens with zero attached hydrogens (tertiary/aromatic N) is 2. The van der Waals surface area contributed by atoms with E-state index < -0.39 is 34.7 Å². The van der Waals surface area contributed by atoms with Crippen molar-refractivity contribution in [1.82, 2.24) is 9.47 Å². The Labute approximate surface area is 317 Å². The lowest BCUT2D eigenvalue weighted by molar-refractivity contribution is -0.141. The Kier molecular flexibility index (Phi) is 11.3. The summed E-state index contributed by atoms with van der Waals surface area (Å²) in [7, 11) is 12.1. The molecule has 14 nitrogen and oxygen atoms in total. The first-order chi connectivity index (χ1) is 26.5. The van der Waals surface area contributed by atoms with Gasteiger partial charge in [-0.3, -0.25) is 19.3 Å². The van der Waals surface area contributed by atoms with E-state index in [0.29, 0.717) is 58.4 Å². The smallest absolute Gasteiger partial charge is 0.306 e. The summed E-state index contributed by atoms with van der Waals surface area (Å²) in [6.45, 7) is 0.585. The second kappa shape index (κ2) is 16.1. The van der Waals surface area contributed by atoms with Gasteiger partial charge in [0, 0.05) is 31.3 Å². The highest BCUT2D eigenvalue weighted by atomic mass is 16.5. The van der Waals surface area contributed by atoms with Crippen molar-refractivity contribution in [2.45, 2.75) is 31.3 Å².